The maximum absolute atomic E-state index is 11.9. The molecule has 1 rings (SSSR count). The van der Waals surface area contributed by atoms with Gasteiger partial charge in [-0.15, -0.1) is 0 Å². The van der Waals surface area contributed by atoms with Gasteiger partial charge < -0.3 is 10.2 Å². The van der Waals surface area contributed by atoms with Gasteiger partial charge in [-0.25, -0.2) is 0 Å². The van der Waals surface area contributed by atoms with Crippen molar-refractivity contribution in [3.8, 4) is 0 Å². The van der Waals surface area contributed by atoms with E-state index in [2.05, 4.69) is 24.1 Å². The van der Waals surface area contributed by atoms with E-state index in [0.29, 0.717) is 12.6 Å². The van der Waals surface area contributed by atoms with Crippen LogP contribution in [0.2, 0.25) is 0 Å². The van der Waals surface area contributed by atoms with Gasteiger partial charge >= 0.3 is 0 Å². The van der Waals surface area contributed by atoms with E-state index in [1.165, 1.54) is 25.7 Å². The standard InChI is InChI=1S/C12H24N2O/c1-3-8-13-10-12(15)14-9-6-4-5-7-11(14)2/h11,13H,3-10H2,1-2H3. The summed E-state index contributed by atoms with van der Waals surface area (Å²) in [5.41, 5.74) is 0. The molecule has 1 heterocycles. The minimum absolute atomic E-state index is 0.276. The highest BCUT2D eigenvalue weighted by Crippen LogP contribution is 2.15. The van der Waals surface area contributed by atoms with Crippen LogP contribution in [0.5, 0.6) is 0 Å². The second-order valence-electron chi connectivity index (χ2n) is 4.46. The largest absolute Gasteiger partial charge is 0.339 e. The first-order valence-corrected chi connectivity index (χ1v) is 6.26. The summed E-state index contributed by atoms with van der Waals surface area (Å²) in [6.45, 7) is 6.69. The molecule has 0 aromatic carbocycles. The number of nitrogens with zero attached hydrogens (tertiary/aromatic N) is 1. The van der Waals surface area contributed by atoms with Crippen molar-refractivity contribution in [1.82, 2.24) is 10.2 Å². The van der Waals surface area contributed by atoms with Crippen molar-refractivity contribution in [3.63, 3.8) is 0 Å². The summed E-state index contributed by atoms with van der Waals surface area (Å²) < 4.78 is 0. The summed E-state index contributed by atoms with van der Waals surface area (Å²) in [5.74, 6) is 0.276. The van der Waals surface area contributed by atoms with Gasteiger partial charge in [0.15, 0.2) is 0 Å². The topological polar surface area (TPSA) is 32.3 Å². The highest BCUT2D eigenvalue weighted by Gasteiger charge is 2.20. The number of carbonyl (C=O) groups excluding carboxylic acids is 1. The van der Waals surface area contributed by atoms with Gasteiger partial charge in [-0.05, 0) is 32.7 Å². The second-order valence-corrected chi connectivity index (χ2v) is 4.46. The number of likely N-dealkylation sites (tertiary alicyclic amines) is 1. The number of rotatable bonds is 4. The molecule has 1 aliphatic heterocycles. The second kappa shape index (κ2) is 6.83. The Morgan fingerprint density at radius 1 is 1.40 bits per heavy atom. The highest BCUT2D eigenvalue weighted by atomic mass is 16.2. The van der Waals surface area contributed by atoms with E-state index in [4.69, 9.17) is 0 Å². The number of carbonyl (C=O) groups is 1. The van der Waals surface area contributed by atoms with Gasteiger partial charge in [0.25, 0.3) is 0 Å². The fourth-order valence-electron chi connectivity index (χ4n) is 2.12. The Kier molecular flexibility index (Phi) is 5.69. The quantitative estimate of drug-likeness (QED) is 0.720. The Bertz CT molecular complexity index is 194. The Morgan fingerprint density at radius 2 is 2.20 bits per heavy atom. The molecule has 1 N–H and O–H groups in total. The molecule has 0 bridgehead atoms. The first-order chi connectivity index (χ1) is 7.25. The van der Waals surface area contributed by atoms with Gasteiger partial charge in [0.1, 0.15) is 0 Å². The van der Waals surface area contributed by atoms with Crippen molar-refractivity contribution in [2.24, 2.45) is 0 Å². The SMILES string of the molecule is CCCNCC(=O)N1CCCCCC1C. The minimum Gasteiger partial charge on any atom is -0.339 e. The van der Waals surface area contributed by atoms with E-state index in [9.17, 15) is 4.79 Å². The number of hydrogen-bond acceptors (Lipinski definition) is 2. The van der Waals surface area contributed by atoms with Crippen molar-refractivity contribution in [3.05, 3.63) is 0 Å². The molecule has 3 heteroatoms. The molecule has 1 aliphatic rings. The van der Waals surface area contributed by atoms with E-state index in [1.54, 1.807) is 0 Å². The molecule has 1 saturated heterocycles. The van der Waals surface area contributed by atoms with E-state index < -0.39 is 0 Å². The molecular weight excluding hydrogens is 188 g/mol. The Labute approximate surface area is 93.2 Å². The van der Waals surface area contributed by atoms with Gasteiger partial charge in [-0.3, -0.25) is 4.79 Å². The molecular formula is C12H24N2O. The molecule has 3 nitrogen and oxygen atoms in total. The lowest BCUT2D eigenvalue weighted by atomic mass is 10.1. The zero-order chi connectivity index (χ0) is 11.1. The van der Waals surface area contributed by atoms with Crippen molar-refractivity contribution in [1.29, 1.82) is 0 Å². The molecule has 1 amide bonds. The summed E-state index contributed by atoms with van der Waals surface area (Å²) >= 11 is 0. The lowest BCUT2D eigenvalue weighted by molar-refractivity contribution is -0.132. The van der Waals surface area contributed by atoms with Gasteiger partial charge in [-0.1, -0.05) is 19.8 Å². The molecule has 15 heavy (non-hydrogen) atoms. The normalized spacial score (nSPS) is 22.5. The summed E-state index contributed by atoms with van der Waals surface area (Å²) in [6.07, 6.45) is 5.97. The fraction of sp³-hybridized carbons (Fsp3) is 0.917. The van der Waals surface area contributed by atoms with Crippen LogP contribution in [0.1, 0.15) is 46.0 Å². The van der Waals surface area contributed by atoms with Crippen LogP contribution in [-0.2, 0) is 4.79 Å². The predicted octanol–water partition coefficient (Wildman–Crippen LogP) is 1.78. The van der Waals surface area contributed by atoms with Crippen LogP contribution in [0.4, 0.5) is 0 Å². The van der Waals surface area contributed by atoms with Crippen molar-refractivity contribution >= 4 is 5.91 Å². The van der Waals surface area contributed by atoms with Crippen LogP contribution >= 0.6 is 0 Å². The molecule has 1 atom stereocenters. The first kappa shape index (κ1) is 12.5. The van der Waals surface area contributed by atoms with E-state index in [1.807, 2.05) is 0 Å². The predicted molar refractivity (Wildman–Crippen MR) is 62.8 cm³/mol. The van der Waals surface area contributed by atoms with Crippen LogP contribution < -0.4 is 5.32 Å². The Hall–Kier alpha value is -0.570. The lowest BCUT2D eigenvalue weighted by Gasteiger charge is -2.27. The third-order valence-corrected chi connectivity index (χ3v) is 3.08. The summed E-state index contributed by atoms with van der Waals surface area (Å²) in [5, 5.41) is 3.18. The third kappa shape index (κ3) is 4.20. The Morgan fingerprint density at radius 3 is 2.93 bits per heavy atom. The fourth-order valence-corrected chi connectivity index (χ4v) is 2.12. The maximum atomic E-state index is 11.9. The van der Waals surface area contributed by atoms with Crippen LogP contribution in [0.3, 0.4) is 0 Å². The minimum atomic E-state index is 0.276. The molecule has 88 valence electrons. The molecule has 0 aromatic rings. The molecule has 0 aromatic heterocycles. The van der Waals surface area contributed by atoms with Crippen LogP contribution in [0.25, 0.3) is 0 Å². The highest BCUT2D eigenvalue weighted by molar-refractivity contribution is 5.78. The molecule has 0 radical (unpaired) electrons. The summed E-state index contributed by atoms with van der Waals surface area (Å²) in [7, 11) is 0. The van der Waals surface area contributed by atoms with Crippen molar-refractivity contribution in [2.45, 2.75) is 52.0 Å². The van der Waals surface area contributed by atoms with Gasteiger partial charge in [0, 0.05) is 12.6 Å². The van der Waals surface area contributed by atoms with Crippen molar-refractivity contribution in [2.75, 3.05) is 19.6 Å². The monoisotopic (exact) mass is 212 g/mol. The lowest BCUT2D eigenvalue weighted by Crippen LogP contribution is -2.43. The van der Waals surface area contributed by atoms with Crippen LogP contribution in [0, 0.1) is 0 Å². The van der Waals surface area contributed by atoms with Crippen LogP contribution in [0.15, 0.2) is 0 Å². The van der Waals surface area contributed by atoms with E-state index in [0.717, 1.165) is 19.5 Å². The average Bonchev–Trinajstić information content (AvgIpc) is 2.43. The summed E-state index contributed by atoms with van der Waals surface area (Å²) in [6, 6.07) is 0.434. The molecule has 0 spiro atoms. The number of amides is 1. The molecule has 0 saturated carbocycles. The van der Waals surface area contributed by atoms with Crippen molar-refractivity contribution < 1.29 is 4.79 Å². The van der Waals surface area contributed by atoms with E-state index in [-0.39, 0.29) is 5.91 Å². The first-order valence-electron chi connectivity index (χ1n) is 6.26. The maximum Gasteiger partial charge on any atom is 0.236 e. The molecule has 1 unspecified atom stereocenters. The number of nitrogens with one attached hydrogen (secondary N) is 1. The van der Waals surface area contributed by atoms with E-state index >= 15 is 0 Å². The smallest absolute Gasteiger partial charge is 0.236 e. The number of hydrogen-bond donors (Lipinski definition) is 1. The molecule has 0 aliphatic carbocycles. The van der Waals surface area contributed by atoms with Gasteiger partial charge in [0.2, 0.25) is 5.91 Å². The zero-order valence-corrected chi connectivity index (χ0v) is 10.1. The Balaban J connectivity index is 2.34. The third-order valence-electron chi connectivity index (χ3n) is 3.08. The van der Waals surface area contributed by atoms with Gasteiger partial charge in [0.05, 0.1) is 6.54 Å². The van der Waals surface area contributed by atoms with Gasteiger partial charge in [-0.2, -0.15) is 0 Å². The van der Waals surface area contributed by atoms with Crippen LogP contribution in [-0.4, -0.2) is 36.5 Å². The molecule has 1 fully saturated rings. The summed E-state index contributed by atoms with van der Waals surface area (Å²) in [4.78, 5) is 14.0. The zero-order valence-electron chi connectivity index (χ0n) is 10.1. The average molecular weight is 212 g/mol.